The summed E-state index contributed by atoms with van der Waals surface area (Å²) in [6.45, 7) is 15.7. The van der Waals surface area contributed by atoms with Crippen molar-refractivity contribution < 1.29 is 9.59 Å². The van der Waals surface area contributed by atoms with E-state index in [1.54, 1.807) is 4.90 Å². The first kappa shape index (κ1) is 30.7. The van der Waals surface area contributed by atoms with Crippen LogP contribution in [-0.4, -0.2) is 108 Å². The molecule has 0 spiro atoms. The SMILES string of the molecule is C=CC(=O)N1CCC[C@H](Nc2nc(Nc3ccc(N4CCC(N5CCN(C)CC5)CC4)c(C)c3)c(C(N)=O)nc2CC)C1. The number of carbonyl (C=O) groups excluding carboxylic acids is 2. The molecule has 11 nitrogen and oxygen atoms in total. The molecule has 1 atom stereocenters. The second-order valence-electron chi connectivity index (χ2n) is 12.1. The van der Waals surface area contributed by atoms with Crippen LogP contribution in [0.4, 0.5) is 23.0 Å². The predicted octanol–water partition coefficient (Wildman–Crippen LogP) is 3.00. The number of primary amides is 1. The van der Waals surface area contributed by atoms with E-state index in [9.17, 15) is 9.59 Å². The molecule has 0 unspecified atom stereocenters. The molecule has 5 rings (SSSR count). The summed E-state index contributed by atoms with van der Waals surface area (Å²) in [5, 5.41) is 6.81. The first-order valence-corrected chi connectivity index (χ1v) is 15.7. The van der Waals surface area contributed by atoms with Crippen molar-refractivity contribution in [2.24, 2.45) is 5.73 Å². The molecule has 1 aromatic carbocycles. The minimum absolute atomic E-state index is 0.0199. The van der Waals surface area contributed by atoms with Gasteiger partial charge < -0.3 is 31.1 Å². The van der Waals surface area contributed by atoms with Crippen molar-refractivity contribution >= 4 is 34.8 Å². The van der Waals surface area contributed by atoms with Gasteiger partial charge in [0.1, 0.15) is 0 Å². The molecular formula is C32H47N9O2. The maximum absolute atomic E-state index is 12.4. The molecule has 232 valence electrons. The summed E-state index contributed by atoms with van der Waals surface area (Å²) in [6.07, 6.45) is 6.08. The topological polar surface area (TPSA) is 123 Å². The third-order valence-electron chi connectivity index (χ3n) is 9.10. The van der Waals surface area contributed by atoms with Gasteiger partial charge in [0.05, 0.1) is 5.69 Å². The summed E-state index contributed by atoms with van der Waals surface area (Å²) >= 11 is 0. The van der Waals surface area contributed by atoms with E-state index >= 15 is 0 Å². The van der Waals surface area contributed by atoms with E-state index in [0.717, 1.165) is 50.3 Å². The molecular weight excluding hydrogens is 542 g/mol. The highest BCUT2D eigenvalue weighted by molar-refractivity contribution is 5.96. The number of hydrogen-bond acceptors (Lipinski definition) is 9. The third kappa shape index (κ3) is 7.27. The van der Waals surface area contributed by atoms with Crippen LogP contribution in [0.1, 0.15) is 54.4 Å². The minimum Gasteiger partial charge on any atom is -0.371 e. The van der Waals surface area contributed by atoms with E-state index in [-0.39, 0.29) is 17.6 Å². The molecule has 4 N–H and O–H groups in total. The summed E-state index contributed by atoms with van der Waals surface area (Å²) in [5.41, 5.74) is 9.75. The minimum atomic E-state index is -0.631. The Morgan fingerprint density at radius 3 is 2.44 bits per heavy atom. The van der Waals surface area contributed by atoms with Crippen LogP contribution in [0.3, 0.4) is 0 Å². The largest absolute Gasteiger partial charge is 0.371 e. The van der Waals surface area contributed by atoms with Crippen LogP contribution in [0.2, 0.25) is 0 Å². The van der Waals surface area contributed by atoms with E-state index in [0.29, 0.717) is 42.9 Å². The first-order chi connectivity index (χ1) is 20.7. The Kier molecular flexibility index (Phi) is 9.82. The molecule has 1 aromatic heterocycles. The van der Waals surface area contributed by atoms with Crippen molar-refractivity contribution in [2.45, 2.75) is 58.0 Å². The molecule has 3 saturated heterocycles. The lowest BCUT2D eigenvalue weighted by Crippen LogP contribution is -2.52. The van der Waals surface area contributed by atoms with Gasteiger partial charge in [0.2, 0.25) is 5.91 Å². The van der Waals surface area contributed by atoms with Crippen LogP contribution < -0.4 is 21.3 Å². The fraction of sp³-hybridized carbons (Fsp3) is 0.562. The lowest BCUT2D eigenvalue weighted by molar-refractivity contribution is -0.127. The van der Waals surface area contributed by atoms with Gasteiger partial charge in [0.15, 0.2) is 17.3 Å². The fourth-order valence-corrected chi connectivity index (χ4v) is 6.59. The summed E-state index contributed by atoms with van der Waals surface area (Å²) in [7, 11) is 2.21. The van der Waals surface area contributed by atoms with E-state index in [4.69, 9.17) is 10.7 Å². The average molecular weight is 590 g/mol. The molecule has 3 aliphatic heterocycles. The lowest BCUT2D eigenvalue weighted by Gasteiger charge is -2.43. The Balaban J connectivity index is 1.29. The number of anilines is 4. The number of carbonyl (C=O) groups is 2. The second kappa shape index (κ2) is 13.7. The van der Waals surface area contributed by atoms with Gasteiger partial charge in [0.25, 0.3) is 5.91 Å². The number of aryl methyl sites for hydroxylation is 2. The summed E-state index contributed by atoms with van der Waals surface area (Å²) in [6, 6.07) is 6.96. The monoisotopic (exact) mass is 589 g/mol. The van der Waals surface area contributed by atoms with E-state index in [2.05, 4.69) is 63.0 Å². The maximum atomic E-state index is 12.4. The van der Waals surface area contributed by atoms with Crippen LogP contribution in [0, 0.1) is 6.92 Å². The molecule has 4 heterocycles. The maximum Gasteiger partial charge on any atom is 0.271 e. The lowest BCUT2D eigenvalue weighted by atomic mass is 10.0. The molecule has 2 aromatic rings. The van der Waals surface area contributed by atoms with Crippen LogP contribution >= 0.6 is 0 Å². The Hall–Kier alpha value is -3.70. The van der Waals surface area contributed by atoms with E-state index < -0.39 is 5.91 Å². The van der Waals surface area contributed by atoms with Gasteiger partial charge in [-0.2, -0.15) is 0 Å². The van der Waals surface area contributed by atoms with Crippen LogP contribution in [0.25, 0.3) is 0 Å². The highest BCUT2D eigenvalue weighted by atomic mass is 16.2. The quantitative estimate of drug-likeness (QED) is 0.379. The Morgan fingerprint density at radius 2 is 1.79 bits per heavy atom. The number of rotatable bonds is 9. The summed E-state index contributed by atoms with van der Waals surface area (Å²) in [5.74, 6) is 0.220. The first-order valence-electron chi connectivity index (χ1n) is 15.7. The van der Waals surface area contributed by atoms with Crippen LogP contribution in [-0.2, 0) is 11.2 Å². The smallest absolute Gasteiger partial charge is 0.271 e. The second-order valence-corrected chi connectivity index (χ2v) is 12.1. The van der Waals surface area contributed by atoms with Crippen LogP contribution in [0.5, 0.6) is 0 Å². The zero-order valence-electron chi connectivity index (χ0n) is 25.9. The van der Waals surface area contributed by atoms with Crippen molar-refractivity contribution in [3.63, 3.8) is 0 Å². The number of piperazine rings is 1. The average Bonchev–Trinajstić information content (AvgIpc) is 3.01. The number of nitrogens with two attached hydrogens (primary N) is 1. The molecule has 0 radical (unpaired) electrons. The molecule has 43 heavy (non-hydrogen) atoms. The number of nitrogens with one attached hydrogen (secondary N) is 2. The molecule has 11 heteroatoms. The number of hydrogen-bond donors (Lipinski definition) is 3. The summed E-state index contributed by atoms with van der Waals surface area (Å²) in [4.78, 5) is 43.4. The van der Waals surface area contributed by atoms with Crippen molar-refractivity contribution in [1.29, 1.82) is 0 Å². The van der Waals surface area contributed by atoms with Crippen molar-refractivity contribution in [3.05, 3.63) is 47.8 Å². The number of piperidine rings is 2. The molecule has 2 amide bonds. The number of likely N-dealkylation sites (N-methyl/N-ethyl adjacent to an activating group) is 1. The van der Waals surface area contributed by atoms with Gasteiger partial charge in [-0.25, -0.2) is 9.97 Å². The number of nitrogens with zero attached hydrogens (tertiary/aromatic N) is 6. The Labute approximate surface area is 255 Å². The molecule has 0 bridgehead atoms. The van der Waals surface area contributed by atoms with Crippen molar-refractivity contribution in [3.8, 4) is 0 Å². The van der Waals surface area contributed by atoms with Gasteiger partial charge in [-0.1, -0.05) is 13.5 Å². The van der Waals surface area contributed by atoms with E-state index in [1.807, 2.05) is 13.0 Å². The van der Waals surface area contributed by atoms with E-state index in [1.165, 1.54) is 37.7 Å². The molecule has 3 fully saturated rings. The zero-order chi connectivity index (χ0) is 30.5. The number of amides is 2. The number of likely N-dealkylation sites (tertiary alicyclic amines) is 1. The molecule has 3 aliphatic rings. The van der Waals surface area contributed by atoms with Gasteiger partial charge in [-0.15, -0.1) is 0 Å². The molecule has 0 aliphatic carbocycles. The standard InChI is InChI=1S/C32H47N9O2/c1-5-26-31(35-24-8-7-13-41(21-24)28(42)6-2)37-32(29(36-26)30(33)43)34-23-9-10-27(22(3)20-23)40-14-11-25(12-15-40)39-18-16-38(4)17-19-39/h6,9-10,20,24-25H,2,5,7-8,11-19,21H2,1,3-4H3,(H2,33,43)(H2,34,35,37)/t24-/m0/s1. The fourth-order valence-electron chi connectivity index (χ4n) is 6.59. The van der Waals surface area contributed by atoms with Gasteiger partial charge in [-0.3, -0.25) is 14.5 Å². The summed E-state index contributed by atoms with van der Waals surface area (Å²) < 4.78 is 0. The van der Waals surface area contributed by atoms with Gasteiger partial charge in [0, 0.05) is 75.8 Å². The van der Waals surface area contributed by atoms with Crippen molar-refractivity contribution in [1.82, 2.24) is 24.7 Å². The Morgan fingerprint density at radius 1 is 1.05 bits per heavy atom. The van der Waals surface area contributed by atoms with Gasteiger partial charge >= 0.3 is 0 Å². The predicted molar refractivity (Wildman–Crippen MR) is 172 cm³/mol. The normalized spacial score (nSPS) is 20.6. The van der Waals surface area contributed by atoms with Crippen LogP contribution in [0.15, 0.2) is 30.9 Å². The molecule has 0 saturated carbocycles. The third-order valence-corrected chi connectivity index (χ3v) is 9.10. The number of aromatic nitrogens is 2. The highest BCUT2D eigenvalue weighted by Gasteiger charge is 2.28. The van der Waals surface area contributed by atoms with Gasteiger partial charge in [-0.05, 0) is 75.9 Å². The highest BCUT2D eigenvalue weighted by Crippen LogP contribution is 2.30. The van der Waals surface area contributed by atoms with Crippen molar-refractivity contribution in [2.75, 3.05) is 74.9 Å². The zero-order valence-corrected chi connectivity index (χ0v) is 25.9. The number of benzene rings is 1. The Bertz CT molecular complexity index is 1320.